The summed E-state index contributed by atoms with van der Waals surface area (Å²) in [6.07, 6.45) is 0. The Labute approximate surface area is 153 Å². The van der Waals surface area contributed by atoms with Crippen molar-refractivity contribution in [2.75, 3.05) is 12.4 Å². The fourth-order valence-electron chi connectivity index (χ4n) is 2.75. The van der Waals surface area contributed by atoms with Crippen molar-refractivity contribution in [2.24, 2.45) is 0 Å². The normalized spacial score (nSPS) is 17.5. The van der Waals surface area contributed by atoms with Crippen LogP contribution in [0.2, 0.25) is 0 Å². The first kappa shape index (κ1) is 16.6. The van der Waals surface area contributed by atoms with Gasteiger partial charge in [0.05, 0.1) is 6.04 Å². The summed E-state index contributed by atoms with van der Waals surface area (Å²) in [7, 11) is 1.96. The average molecular weight is 354 g/mol. The summed E-state index contributed by atoms with van der Waals surface area (Å²) in [4.78, 5) is 2.66. The Hall–Kier alpha value is -2.24. The maximum atomic E-state index is 5.72. The predicted molar refractivity (Wildman–Crippen MR) is 108 cm³/mol. The highest BCUT2D eigenvalue weighted by Gasteiger charge is 2.30. The van der Waals surface area contributed by atoms with Crippen LogP contribution in [-0.4, -0.2) is 22.0 Å². The second-order valence-corrected chi connectivity index (χ2v) is 6.47. The summed E-state index contributed by atoms with van der Waals surface area (Å²) < 4.78 is 0. The second-order valence-electron chi connectivity index (χ2n) is 5.67. The number of nitrogens with one attached hydrogen (secondary N) is 2. The van der Waals surface area contributed by atoms with Gasteiger partial charge in [-0.3, -0.25) is 0 Å². The van der Waals surface area contributed by atoms with E-state index in [0.717, 1.165) is 22.5 Å². The van der Waals surface area contributed by atoms with Crippen LogP contribution in [0.1, 0.15) is 18.5 Å². The average Bonchev–Trinajstić information content (AvgIpc) is 2.61. The van der Waals surface area contributed by atoms with Gasteiger partial charge in [-0.15, -0.1) is 0 Å². The smallest absolute Gasteiger partial charge is 0.173 e. The number of hydrogen-bond acceptors (Lipinski definition) is 2. The van der Waals surface area contributed by atoms with E-state index >= 15 is 0 Å². The van der Waals surface area contributed by atoms with Crippen molar-refractivity contribution in [3.05, 3.63) is 77.5 Å². The number of benzene rings is 2. The molecule has 0 amide bonds. The Morgan fingerprint density at radius 3 is 2.25 bits per heavy atom. The number of para-hydroxylation sites is 1. The van der Waals surface area contributed by atoms with Crippen LogP contribution in [0.5, 0.6) is 0 Å². The Morgan fingerprint density at radius 2 is 1.62 bits per heavy atom. The van der Waals surface area contributed by atoms with E-state index in [1.165, 1.54) is 0 Å². The minimum atomic E-state index is -0.0568. The second kappa shape index (κ2) is 7.11. The molecule has 2 aromatic rings. The van der Waals surface area contributed by atoms with E-state index in [1.807, 2.05) is 60.5 Å². The van der Waals surface area contributed by atoms with Crippen molar-refractivity contribution in [1.82, 2.24) is 10.2 Å². The zero-order valence-electron chi connectivity index (χ0n) is 13.6. The van der Waals surface area contributed by atoms with Gasteiger partial charge >= 0.3 is 0 Å². The van der Waals surface area contributed by atoms with Gasteiger partial charge in [-0.25, -0.2) is 0 Å². The highest BCUT2D eigenvalue weighted by atomic mass is 32.1. The molecule has 0 saturated heterocycles. The van der Waals surface area contributed by atoms with Crippen LogP contribution in [0.15, 0.2) is 71.9 Å². The summed E-state index contributed by atoms with van der Waals surface area (Å²) in [5.41, 5.74) is 4.21. The summed E-state index contributed by atoms with van der Waals surface area (Å²) in [5.74, 6) is 0. The minimum Gasteiger partial charge on any atom is -0.351 e. The zero-order valence-corrected chi connectivity index (χ0v) is 15.2. The van der Waals surface area contributed by atoms with Gasteiger partial charge in [-0.1, -0.05) is 60.7 Å². The first-order valence-corrected chi connectivity index (χ1v) is 8.56. The van der Waals surface area contributed by atoms with Crippen LogP contribution in [-0.2, 0) is 0 Å². The molecule has 122 valence electrons. The largest absolute Gasteiger partial charge is 0.351 e. The lowest BCUT2D eigenvalue weighted by Crippen LogP contribution is -2.46. The molecular formula is C19H19N3S2. The molecule has 0 bridgehead atoms. The molecule has 1 aliphatic rings. The van der Waals surface area contributed by atoms with Crippen molar-refractivity contribution in [2.45, 2.75) is 13.0 Å². The van der Waals surface area contributed by atoms with E-state index in [1.54, 1.807) is 0 Å². The topological polar surface area (TPSA) is 27.3 Å². The number of thiocarbonyl (C=S) groups is 2. The van der Waals surface area contributed by atoms with E-state index in [9.17, 15) is 0 Å². The van der Waals surface area contributed by atoms with Crippen LogP contribution >= 0.6 is 24.4 Å². The van der Waals surface area contributed by atoms with E-state index in [4.69, 9.17) is 24.4 Å². The van der Waals surface area contributed by atoms with Crippen molar-refractivity contribution < 1.29 is 0 Å². The van der Waals surface area contributed by atoms with E-state index in [0.29, 0.717) is 10.1 Å². The third-order valence-electron chi connectivity index (χ3n) is 4.16. The van der Waals surface area contributed by atoms with Crippen LogP contribution in [0, 0.1) is 0 Å². The molecule has 1 heterocycles. The predicted octanol–water partition coefficient (Wildman–Crippen LogP) is 4.26. The van der Waals surface area contributed by atoms with Crippen LogP contribution < -0.4 is 10.6 Å². The van der Waals surface area contributed by atoms with Gasteiger partial charge in [-0.2, -0.15) is 0 Å². The SMILES string of the molecule is CC1=C(C(=S)Nc2ccccc2)C(c2ccccc2)NC(=S)N1C. The fraction of sp³-hybridized carbons (Fsp3) is 0.158. The molecule has 3 rings (SSSR count). The standard InChI is InChI=1S/C19H19N3S2/c1-13-16(18(23)20-15-11-7-4-8-12-15)17(21-19(24)22(13)2)14-9-5-3-6-10-14/h3-12,17H,1-2H3,(H,20,23)(H,21,24). The molecular weight excluding hydrogens is 334 g/mol. The van der Waals surface area contributed by atoms with Crippen LogP contribution in [0.25, 0.3) is 0 Å². The quantitative estimate of drug-likeness (QED) is 0.804. The molecule has 1 unspecified atom stereocenters. The molecule has 3 nitrogen and oxygen atoms in total. The van der Waals surface area contributed by atoms with Gasteiger partial charge in [0.1, 0.15) is 4.99 Å². The highest BCUT2D eigenvalue weighted by Crippen LogP contribution is 2.31. The van der Waals surface area contributed by atoms with E-state index in [2.05, 4.69) is 29.7 Å². The van der Waals surface area contributed by atoms with Crippen molar-refractivity contribution >= 4 is 40.2 Å². The maximum Gasteiger partial charge on any atom is 0.173 e. The summed E-state index contributed by atoms with van der Waals surface area (Å²) in [5, 5.41) is 7.44. The van der Waals surface area contributed by atoms with Crippen molar-refractivity contribution in [1.29, 1.82) is 0 Å². The third-order valence-corrected chi connectivity index (χ3v) is 4.88. The lowest BCUT2D eigenvalue weighted by molar-refractivity contribution is 0.541. The molecule has 0 aromatic heterocycles. The minimum absolute atomic E-state index is 0.0568. The fourth-order valence-corrected chi connectivity index (χ4v) is 3.38. The Morgan fingerprint density at radius 1 is 1.04 bits per heavy atom. The van der Waals surface area contributed by atoms with Gasteiger partial charge in [0.15, 0.2) is 5.11 Å². The molecule has 0 radical (unpaired) electrons. The van der Waals surface area contributed by atoms with Crippen LogP contribution in [0.4, 0.5) is 5.69 Å². The van der Waals surface area contributed by atoms with Gasteiger partial charge in [0.25, 0.3) is 0 Å². The lowest BCUT2D eigenvalue weighted by Gasteiger charge is -2.36. The lowest BCUT2D eigenvalue weighted by atomic mass is 9.95. The molecule has 0 aliphatic carbocycles. The molecule has 0 fully saturated rings. The monoisotopic (exact) mass is 353 g/mol. The number of rotatable bonds is 3. The molecule has 1 aliphatic heterocycles. The number of hydrogen-bond donors (Lipinski definition) is 2. The van der Waals surface area contributed by atoms with Gasteiger partial charge in [-0.05, 0) is 36.8 Å². The van der Waals surface area contributed by atoms with Crippen molar-refractivity contribution in [3.8, 4) is 0 Å². The molecule has 2 N–H and O–H groups in total. The van der Waals surface area contributed by atoms with Gasteiger partial charge in [0.2, 0.25) is 0 Å². The molecule has 2 aromatic carbocycles. The first-order valence-electron chi connectivity index (χ1n) is 7.74. The maximum absolute atomic E-state index is 5.72. The van der Waals surface area contributed by atoms with E-state index < -0.39 is 0 Å². The Kier molecular flexibility index (Phi) is 4.92. The van der Waals surface area contributed by atoms with Gasteiger partial charge < -0.3 is 15.5 Å². The molecule has 1 atom stereocenters. The Bertz CT molecular complexity index is 785. The summed E-state index contributed by atoms with van der Waals surface area (Å²) >= 11 is 11.2. The van der Waals surface area contributed by atoms with Crippen LogP contribution in [0.3, 0.4) is 0 Å². The number of allylic oxidation sites excluding steroid dienone is 1. The van der Waals surface area contributed by atoms with E-state index in [-0.39, 0.29) is 6.04 Å². The Balaban J connectivity index is 1.99. The summed E-state index contributed by atoms with van der Waals surface area (Å²) in [6, 6.07) is 20.1. The van der Waals surface area contributed by atoms with Crippen molar-refractivity contribution in [3.63, 3.8) is 0 Å². The molecule has 5 heteroatoms. The molecule has 24 heavy (non-hydrogen) atoms. The summed E-state index contributed by atoms with van der Waals surface area (Å²) in [6.45, 7) is 2.05. The van der Waals surface area contributed by atoms with Gasteiger partial charge in [0, 0.05) is 24.0 Å². The molecule has 0 spiro atoms. The third kappa shape index (κ3) is 3.32. The number of nitrogens with zero attached hydrogens (tertiary/aromatic N) is 1. The number of anilines is 1. The highest BCUT2D eigenvalue weighted by molar-refractivity contribution is 7.81. The first-order chi connectivity index (χ1) is 11.6. The molecule has 0 saturated carbocycles. The zero-order chi connectivity index (χ0) is 17.1.